The van der Waals surface area contributed by atoms with Gasteiger partial charge in [-0.2, -0.15) is 0 Å². The van der Waals surface area contributed by atoms with E-state index in [-0.39, 0.29) is 0 Å². The van der Waals surface area contributed by atoms with E-state index in [1.165, 1.54) is 0 Å². The highest BCUT2D eigenvalue weighted by Crippen LogP contribution is 2.29. The molecule has 0 saturated carbocycles. The molecule has 0 bridgehead atoms. The van der Waals surface area contributed by atoms with Crippen LogP contribution in [0.1, 0.15) is 5.56 Å². The molecule has 0 aliphatic heterocycles. The zero-order chi connectivity index (χ0) is 9.14. The fraction of sp³-hybridized carbons (Fsp3) is 0.111. The van der Waals surface area contributed by atoms with Crippen LogP contribution in [0.25, 0.3) is 5.57 Å². The molecule has 0 N–H and O–H groups in total. The van der Waals surface area contributed by atoms with Crippen LogP contribution in [0, 0.1) is 0 Å². The van der Waals surface area contributed by atoms with Crippen molar-refractivity contribution in [2.75, 3.05) is 5.88 Å². The number of benzene rings is 1. The highest BCUT2D eigenvalue weighted by Gasteiger charge is 2.05. The molecule has 0 radical (unpaired) electrons. The van der Waals surface area contributed by atoms with E-state index in [9.17, 15) is 0 Å². The van der Waals surface area contributed by atoms with Crippen LogP contribution in [0.5, 0.6) is 0 Å². The molecule has 0 nitrogen and oxygen atoms in total. The van der Waals surface area contributed by atoms with Crippen LogP contribution in [0.4, 0.5) is 0 Å². The summed E-state index contributed by atoms with van der Waals surface area (Å²) in [7, 11) is 0. The Bertz CT molecular complexity index is 305. The zero-order valence-corrected chi connectivity index (χ0v) is 8.55. The summed E-state index contributed by atoms with van der Waals surface area (Å²) in [5, 5.41) is 1.05. The third-order valence-electron chi connectivity index (χ3n) is 1.49. The van der Waals surface area contributed by atoms with Crippen LogP contribution in [-0.2, 0) is 0 Å². The zero-order valence-electron chi connectivity index (χ0n) is 6.28. The smallest absolute Gasteiger partial charge is 0.0667 e. The van der Waals surface area contributed by atoms with Gasteiger partial charge in [0.05, 0.1) is 10.0 Å². The van der Waals surface area contributed by atoms with E-state index in [4.69, 9.17) is 34.8 Å². The average Bonchev–Trinajstić information content (AvgIpc) is 2.08. The molecule has 0 saturated heterocycles. The van der Waals surface area contributed by atoms with Crippen LogP contribution >= 0.6 is 34.8 Å². The van der Waals surface area contributed by atoms with Crippen LogP contribution < -0.4 is 0 Å². The second-order valence-corrected chi connectivity index (χ2v) is 3.39. The van der Waals surface area contributed by atoms with Crippen molar-refractivity contribution < 1.29 is 0 Å². The first kappa shape index (κ1) is 9.91. The normalized spacial score (nSPS) is 9.92. The fourth-order valence-electron chi connectivity index (χ4n) is 0.849. The van der Waals surface area contributed by atoms with Gasteiger partial charge in [0.15, 0.2) is 0 Å². The maximum absolute atomic E-state index is 5.92. The lowest BCUT2D eigenvalue weighted by Crippen LogP contribution is -1.85. The molecule has 0 aliphatic carbocycles. The molecule has 3 heteroatoms. The van der Waals surface area contributed by atoms with Crippen molar-refractivity contribution in [2.24, 2.45) is 0 Å². The van der Waals surface area contributed by atoms with Crippen molar-refractivity contribution in [1.29, 1.82) is 0 Å². The topological polar surface area (TPSA) is 0 Å². The summed E-state index contributed by atoms with van der Waals surface area (Å²) in [4.78, 5) is 0. The van der Waals surface area contributed by atoms with Crippen molar-refractivity contribution in [2.45, 2.75) is 0 Å². The van der Waals surface area contributed by atoms with E-state index >= 15 is 0 Å². The number of hydrogen-bond acceptors (Lipinski definition) is 0. The summed E-state index contributed by atoms with van der Waals surface area (Å²) in [6.07, 6.45) is 0. The lowest BCUT2D eigenvalue weighted by Gasteiger charge is -2.05. The van der Waals surface area contributed by atoms with E-state index in [0.29, 0.717) is 15.9 Å². The first-order valence-electron chi connectivity index (χ1n) is 3.35. The van der Waals surface area contributed by atoms with Crippen LogP contribution in [0.15, 0.2) is 24.8 Å². The maximum atomic E-state index is 5.92. The number of hydrogen-bond donors (Lipinski definition) is 0. The molecular weight excluding hydrogens is 214 g/mol. The van der Waals surface area contributed by atoms with Crippen molar-refractivity contribution in [3.05, 3.63) is 40.4 Å². The summed E-state index contributed by atoms with van der Waals surface area (Å²) >= 11 is 17.3. The number of rotatable bonds is 2. The Labute approximate surface area is 86.7 Å². The molecular formula is C9H7Cl3. The Morgan fingerprint density at radius 2 is 2.00 bits per heavy atom. The predicted octanol–water partition coefficient (Wildman–Crippen LogP) is 4.25. The molecule has 0 aromatic heterocycles. The number of alkyl halides is 1. The van der Waals surface area contributed by atoms with E-state index in [1.54, 1.807) is 6.07 Å². The molecule has 0 atom stereocenters. The standard InChI is InChI=1S/C9H7Cl3/c1-6(5-10)7-3-2-4-8(11)9(7)12/h2-4H,1,5H2. The monoisotopic (exact) mass is 220 g/mol. The predicted molar refractivity (Wildman–Crippen MR) is 56.2 cm³/mol. The highest BCUT2D eigenvalue weighted by atomic mass is 35.5. The second kappa shape index (κ2) is 4.18. The molecule has 64 valence electrons. The lowest BCUT2D eigenvalue weighted by molar-refractivity contribution is 1.58. The Balaban J connectivity index is 3.16. The van der Waals surface area contributed by atoms with Crippen molar-refractivity contribution in [3.63, 3.8) is 0 Å². The minimum atomic E-state index is 0.361. The van der Waals surface area contributed by atoms with Gasteiger partial charge in [0, 0.05) is 5.88 Å². The van der Waals surface area contributed by atoms with Gasteiger partial charge < -0.3 is 0 Å². The van der Waals surface area contributed by atoms with Crippen LogP contribution in [0.3, 0.4) is 0 Å². The first-order chi connectivity index (χ1) is 5.66. The van der Waals surface area contributed by atoms with Gasteiger partial charge in [-0.05, 0) is 17.2 Å². The number of halogens is 3. The molecule has 1 aromatic carbocycles. The van der Waals surface area contributed by atoms with Crippen molar-refractivity contribution in [3.8, 4) is 0 Å². The van der Waals surface area contributed by atoms with Gasteiger partial charge in [-0.1, -0.05) is 41.9 Å². The third-order valence-corrected chi connectivity index (χ3v) is 2.64. The summed E-state index contributed by atoms with van der Waals surface area (Å²) in [6.45, 7) is 3.77. The molecule has 0 aliphatic rings. The SMILES string of the molecule is C=C(CCl)c1cccc(Cl)c1Cl. The van der Waals surface area contributed by atoms with Gasteiger partial charge in [0.2, 0.25) is 0 Å². The molecule has 1 aromatic rings. The second-order valence-electron chi connectivity index (χ2n) is 2.34. The molecule has 1 rings (SSSR count). The fourth-order valence-corrected chi connectivity index (χ4v) is 1.43. The minimum Gasteiger partial charge on any atom is -0.122 e. The van der Waals surface area contributed by atoms with E-state index in [1.807, 2.05) is 12.1 Å². The van der Waals surface area contributed by atoms with E-state index < -0.39 is 0 Å². The largest absolute Gasteiger partial charge is 0.122 e. The molecule has 0 fully saturated rings. The molecule has 0 amide bonds. The van der Waals surface area contributed by atoms with Crippen LogP contribution in [-0.4, -0.2) is 5.88 Å². The summed E-state index contributed by atoms with van der Waals surface area (Å²) in [6, 6.07) is 5.40. The molecule has 0 unspecified atom stereocenters. The summed E-state index contributed by atoms with van der Waals surface area (Å²) in [5.41, 5.74) is 1.60. The molecule has 12 heavy (non-hydrogen) atoms. The van der Waals surface area contributed by atoms with Crippen LogP contribution in [0.2, 0.25) is 10.0 Å². The van der Waals surface area contributed by atoms with E-state index in [0.717, 1.165) is 11.1 Å². The summed E-state index contributed by atoms with van der Waals surface area (Å²) in [5.74, 6) is 0.361. The van der Waals surface area contributed by atoms with Crippen molar-refractivity contribution >= 4 is 40.4 Å². The third kappa shape index (κ3) is 1.95. The molecule has 0 heterocycles. The van der Waals surface area contributed by atoms with Gasteiger partial charge in [0.25, 0.3) is 0 Å². The quantitative estimate of drug-likeness (QED) is 0.655. The number of allylic oxidation sites excluding steroid dienone is 1. The van der Waals surface area contributed by atoms with Gasteiger partial charge in [-0.3, -0.25) is 0 Å². The summed E-state index contributed by atoms with van der Waals surface area (Å²) < 4.78 is 0. The maximum Gasteiger partial charge on any atom is 0.0667 e. The van der Waals surface area contributed by atoms with Crippen molar-refractivity contribution in [1.82, 2.24) is 0 Å². The van der Waals surface area contributed by atoms with Gasteiger partial charge in [0.1, 0.15) is 0 Å². The molecule has 0 spiro atoms. The minimum absolute atomic E-state index is 0.361. The first-order valence-corrected chi connectivity index (χ1v) is 4.64. The van der Waals surface area contributed by atoms with Gasteiger partial charge in [-0.15, -0.1) is 11.6 Å². The van der Waals surface area contributed by atoms with Gasteiger partial charge in [-0.25, -0.2) is 0 Å². The van der Waals surface area contributed by atoms with Gasteiger partial charge >= 0.3 is 0 Å². The van der Waals surface area contributed by atoms with E-state index in [2.05, 4.69) is 6.58 Å². The highest BCUT2D eigenvalue weighted by molar-refractivity contribution is 6.43. The Kier molecular flexibility index (Phi) is 3.45. The lowest BCUT2D eigenvalue weighted by atomic mass is 10.1. The average molecular weight is 222 g/mol. The Hall–Kier alpha value is -0.170. The Morgan fingerprint density at radius 1 is 1.33 bits per heavy atom. The Morgan fingerprint density at radius 3 is 2.58 bits per heavy atom.